The third-order valence-corrected chi connectivity index (χ3v) is 2.53. The highest BCUT2D eigenvalue weighted by molar-refractivity contribution is 6.28. The third kappa shape index (κ3) is 3.69. The lowest BCUT2D eigenvalue weighted by molar-refractivity contribution is -0.137. The van der Waals surface area contributed by atoms with Crippen molar-refractivity contribution >= 4 is 29.5 Å². The summed E-state index contributed by atoms with van der Waals surface area (Å²) in [6.07, 6.45) is 0. The Labute approximate surface area is 110 Å². The smallest absolute Gasteiger partial charge is 0.325 e. The Morgan fingerprint density at radius 2 is 2.00 bits per heavy atom. The molecular formula is C10H16ClN5O2. The van der Waals surface area contributed by atoms with E-state index in [4.69, 9.17) is 16.7 Å². The van der Waals surface area contributed by atoms with Crippen molar-refractivity contribution in [2.45, 2.75) is 26.8 Å². The molecule has 1 heterocycles. The van der Waals surface area contributed by atoms with Gasteiger partial charge in [-0.05, 0) is 32.4 Å². The van der Waals surface area contributed by atoms with Crippen molar-refractivity contribution < 1.29 is 9.90 Å². The van der Waals surface area contributed by atoms with Crippen LogP contribution in [0.3, 0.4) is 0 Å². The number of halogens is 1. The molecule has 0 aromatic carbocycles. The number of aromatic nitrogens is 3. The minimum Gasteiger partial charge on any atom is -0.480 e. The number of carbonyl (C=O) groups is 1. The van der Waals surface area contributed by atoms with Gasteiger partial charge in [-0.3, -0.25) is 4.79 Å². The predicted octanol–water partition coefficient (Wildman–Crippen LogP) is 1.26. The zero-order valence-electron chi connectivity index (χ0n) is 10.5. The molecule has 0 saturated heterocycles. The molecule has 0 fully saturated rings. The number of carboxylic acids is 1. The number of nitrogens with zero attached hydrogens (tertiary/aromatic N) is 4. The lowest BCUT2D eigenvalue weighted by atomic mass is 10.3. The zero-order valence-corrected chi connectivity index (χ0v) is 11.3. The number of carboxylic acid groups (broad SMARTS) is 1. The highest BCUT2D eigenvalue weighted by atomic mass is 35.5. The standard InChI is InChI=1S/C10H16ClN5O2/c1-4-16(5-2)10-14-8(11)13-9(15-10)12-6(3)7(17)18/h6H,4-5H2,1-3H3,(H,17,18)(H,12,13,14,15). The maximum absolute atomic E-state index is 10.7. The average Bonchev–Trinajstić information content (AvgIpc) is 2.29. The summed E-state index contributed by atoms with van der Waals surface area (Å²) in [7, 11) is 0. The van der Waals surface area contributed by atoms with Crippen LogP contribution in [0.25, 0.3) is 0 Å². The number of nitrogens with one attached hydrogen (secondary N) is 1. The van der Waals surface area contributed by atoms with Crippen LogP contribution < -0.4 is 10.2 Å². The van der Waals surface area contributed by atoms with Gasteiger partial charge in [0.1, 0.15) is 6.04 Å². The zero-order chi connectivity index (χ0) is 13.7. The van der Waals surface area contributed by atoms with Crippen molar-refractivity contribution in [3.63, 3.8) is 0 Å². The van der Waals surface area contributed by atoms with E-state index in [0.717, 1.165) is 13.1 Å². The van der Waals surface area contributed by atoms with Crippen LogP contribution in [0, 0.1) is 0 Å². The predicted molar refractivity (Wildman–Crippen MR) is 69.1 cm³/mol. The van der Waals surface area contributed by atoms with E-state index in [1.54, 1.807) is 0 Å². The van der Waals surface area contributed by atoms with E-state index in [9.17, 15) is 4.79 Å². The molecule has 1 unspecified atom stereocenters. The molecule has 18 heavy (non-hydrogen) atoms. The summed E-state index contributed by atoms with van der Waals surface area (Å²) in [5.74, 6) is -0.400. The van der Waals surface area contributed by atoms with E-state index in [1.165, 1.54) is 6.92 Å². The van der Waals surface area contributed by atoms with Crippen LogP contribution in [0.1, 0.15) is 20.8 Å². The molecule has 1 rings (SSSR count). The second-order valence-electron chi connectivity index (χ2n) is 3.60. The van der Waals surface area contributed by atoms with Crippen molar-refractivity contribution in [3.05, 3.63) is 5.28 Å². The average molecular weight is 274 g/mol. The maximum atomic E-state index is 10.7. The normalized spacial score (nSPS) is 12.0. The molecule has 100 valence electrons. The molecule has 0 aliphatic heterocycles. The van der Waals surface area contributed by atoms with E-state index >= 15 is 0 Å². The highest BCUT2D eigenvalue weighted by Crippen LogP contribution is 2.14. The van der Waals surface area contributed by atoms with Crippen LogP contribution in [0.4, 0.5) is 11.9 Å². The Hall–Kier alpha value is -1.63. The fourth-order valence-corrected chi connectivity index (χ4v) is 1.46. The summed E-state index contributed by atoms with van der Waals surface area (Å²) >= 11 is 5.79. The monoisotopic (exact) mass is 273 g/mol. The van der Waals surface area contributed by atoms with Crippen molar-refractivity contribution in [2.75, 3.05) is 23.3 Å². The molecule has 1 aromatic heterocycles. The Morgan fingerprint density at radius 1 is 1.39 bits per heavy atom. The van der Waals surface area contributed by atoms with E-state index in [0.29, 0.717) is 5.95 Å². The minimum atomic E-state index is -0.990. The molecule has 0 bridgehead atoms. The largest absolute Gasteiger partial charge is 0.480 e. The SMILES string of the molecule is CCN(CC)c1nc(Cl)nc(NC(C)C(=O)O)n1. The van der Waals surface area contributed by atoms with Crippen molar-refractivity contribution in [3.8, 4) is 0 Å². The Bertz CT molecular complexity index is 425. The summed E-state index contributed by atoms with van der Waals surface area (Å²) in [6.45, 7) is 6.88. The first-order chi connectivity index (χ1) is 8.47. The minimum absolute atomic E-state index is 0.0342. The van der Waals surface area contributed by atoms with Crippen LogP contribution in [-0.2, 0) is 4.79 Å². The Morgan fingerprint density at radius 3 is 2.50 bits per heavy atom. The molecule has 0 aliphatic carbocycles. The van der Waals surface area contributed by atoms with Crippen molar-refractivity contribution in [1.29, 1.82) is 0 Å². The van der Waals surface area contributed by atoms with Gasteiger partial charge in [0.25, 0.3) is 0 Å². The summed E-state index contributed by atoms with van der Waals surface area (Å²) in [4.78, 5) is 24.6. The molecule has 1 aromatic rings. The topological polar surface area (TPSA) is 91.2 Å². The number of hydrogen-bond acceptors (Lipinski definition) is 6. The number of rotatable bonds is 6. The van der Waals surface area contributed by atoms with Gasteiger partial charge in [0.05, 0.1) is 0 Å². The fourth-order valence-electron chi connectivity index (χ4n) is 1.31. The van der Waals surface area contributed by atoms with Gasteiger partial charge in [-0.2, -0.15) is 15.0 Å². The van der Waals surface area contributed by atoms with Gasteiger partial charge in [-0.15, -0.1) is 0 Å². The molecule has 0 amide bonds. The first-order valence-electron chi connectivity index (χ1n) is 5.63. The first-order valence-corrected chi connectivity index (χ1v) is 6.01. The van der Waals surface area contributed by atoms with Crippen LogP contribution in [-0.4, -0.2) is 45.2 Å². The summed E-state index contributed by atoms with van der Waals surface area (Å²) in [5.41, 5.74) is 0. The van der Waals surface area contributed by atoms with Gasteiger partial charge in [-0.1, -0.05) is 0 Å². The fraction of sp³-hybridized carbons (Fsp3) is 0.600. The molecule has 2 N–H and O–H groups in total. The van der Waals surface area contributed by atoms with Gasteiger partial charge in [-0.25, -0.2) is 0 Å². The van der Waals surface area contributed by atoms with E-state index in [2.05, 4.69) is 20.3 Å². The molecule has 1 atom stereocenters. The summed E-state index contributed by atoms with van der Waals surface area (Å²) in [6, 6.07) is -0.798. The number of aliphatic carboxylic acids is 1. The van der Waals surface area contributed by atoms with Gasteiger partial charge in [0.2, 0.25) is 17.2 Å². The molecule has 0 spiro atoms. The van der Waals surface area contributed by atoms with Crippen LogP contribution in [0.5, 0.6) is 0 Å². The summed E-state index contributed by atoms with van der Waals surface area (Å²) < 4.78 is 0. The molecule has 0 radical (unpaired) electrons. The number of hydrogen-bond donors (Lipinski definition) is 2. The second kappa shape index (κ2) is 6.34. The van der Waals surface area contributed by atoms with Crippen molar-refractivity contribution in [2.24, 2.45) is 0 Å². The summed E-state index contributed by atoms with van der Waals surface area (Å²) in [5, 5.41) is 11.5. The maximum Gasteiger partial charge on any atom is 0.325 e. The van der Waals surface area contributed by atoms with Crippen LogP contribution >= 0.6 is 11.6 Å². The second-order valence-corrected chi connectivity index (χ2v) is 3.94. The lowest BCUT2D eigenvalue weighted by Gasteiger charge is -2.19. The highest BCUT2D eigenvalue weighted by Gasteiger charge is 2.15. The van der Waals surface area contributed by atoms with E-state index in [1.807, 2.05) is 18.7 Å². The quantitative estimate of drug-likeness (QED) is 0.806. The molecule has 7 nitrogen and oxygen atoms in total. The molecule has 8 heteroatoms. The lowest BCUT2D eigenvalue weighted by Crippen LogP contribution is -2.28. The van der Waals surface area contributed by atoms with Crippen molar-refractivity contribution in [1.82, 2.24) is 15.0 Å². The van der Waals surface area contributed by atoms with Gasteiger partial charge < -0.3 is 15.3 Å². The third-order valence-electron chi connectivity index (χ3n) is 2.36. The molecular weight excluding hydrogens is 258 g/mol. The van der Waals surface area contributed by atoms with Crippen LogP contribution in [0.2, 0.25) is 5.28 Å². The van der Waals surface area contributed by atoms with Gasteiger partial charge >= 0.3 is 5.97 Å². The van der Waals surface area contributed by atoms with E-state index < -0.39 is 12.0 Å². The van der Waals surface area contributed by atoms with Crippen LogP contribution in [0.15, 0.2) is 0 Å². The van der Waals surface area contributed by atoms with Gasteiger partial charge in [0.15, 0.2) is 0 Å². The van der Waals surface area contributed by atoms with Gasteiger partial charge in [0, 0.05) is 13.1 Å². The first kappa shape index (κ1) is 14.4. The number of anilines is 2. The molecule has 0 aliphatic rings. The van der Waals surface area contributed by atoms with E-state index in [-0.39, 0.29) is 11.2 Å². The Balaban J connectivity index is 2.96. The molecule has 0 saturated carbocycles. The Kier molecular flexibility index (Phi) is 5.08.